The molecule has 1 atom stereocenters. The number of hydrogen-bond donors (Lipinski definition) is 1. The molecule has 1 aromatic carbocycles. The summed E-state index contributed by atoms with van der Waals surface area (Å²) in [6, 6.07) is 8.38. The molecule has 0 aliphatic carbocycles. The van der Waals surface area contributed by atoms with Crippen molar-refractivity contribution in [1.82, 2.24) is 0 Å². The first-order valence-corrected chi connectivity index (χ1v) is 6.43. The third kappa shape index (κ3) is 3.97. The van der Waals surface area contributed by atoms with Crippen LogP contribution < -0.4 is 0 Å². The summed E-state index contributed by atoms with van der Waals surface area (Å²) in [6.07, 6.45) is 4.13. The van der Waals surface area contributed by atoms with Gasteiger partial charge in [0.25, 0.3) is 0 Å². The van der Waals surface area contributed by atoms with Crippen LogP contribution in [0.1, 0.15) is 69.6 Å². The monoisotopic (exact) mass is 220 g/mol. The summed E-state index contributed by atoms with van der Waals surface area (Å²) in [7, 11) is 0. The summed E-state index contributed by atoms with van der Waals surface area (Å²) in [5.74, 6) is 0.561. The maximum absolute atomic E-state index is 9.98. The molecule has 90 valence electrons. The fraction of sp³-hybridized carbons (Fsp3) is 0.600. The SMILES string of the molecule is CCCCCC(O)c1ccc(C(C)C)cc1. The Morgan fingerprint density at radius 2 is 1.56 bits per heavy atom. The summed E-state index contributed by atoms with van der Waals surface area (Å²) >= 11 is 0. The summed E-state index contributed by atoms with van der Waals surface area (Å²) in [5, 5.41) is 9.98. The predicted octanol–water partition coefficient (Wildman–Crippen LogP) is 4.42. The third-order valence-corrected chi connectivity index (χ3v) is 3.07. The lowest BCUT2D eigenvalue weighted by molar-refractivity contribution is 0.163. The number of aliphatic hydroxyl groups excluding tert-OH is 1. The van der Waals surface area contributed by atoms with Crippen LogP contribution in [-0.4, -0.2) is 5.11 Å². The molecule has 1 nitrogen and oxygen atoms in total. The van der Waals surface area contributed by atoms with Gasteiger partial charge in [0.2, 0.25) is 0 Å². The molecular weight excluding hydrogens is 196 g/mol. The largest absolute Gasteiger partial charge is 0.388 e. The lowest BCUT2D eigenvalue weighted by Gasteiger charge is -2.12. The van der Waals surface area contributed by atoms with Crippen molar-refractivity contribution in [3.05, 3.63) is 35.4 Å². The summed E-state index contributed by atoms with van der Waals surface area (Å²) in [4.78, 5) is 0. The first-order chi connectivity index (χ1) is 7.65. The second-order valence-electron chi connectivity index (χ2n) is 4.83. The molecule has 1 unspecified atom stereocenters. The Labute approximate surface area is 99.5 Å². The van der Waals surface area contributed by atoms with Gasteiger partial charge in [0.05, 0.1) is 6.10 Å². The van der Waals surface area contributed by atoms with Crippen LogP contribution in [-0.2, 0) is 0 Å². The second kappa shape index (κ2) is 6.70. The van der Waals surface area contributed by atoms with E-state index in [0.29, 0.717) is 5.92 Å². The van der Waals surface area contributed by atoms with Crippen molar-refractivity contribution in [3.63, 3.8) is 0 Å². The Hall–Kier alpha value is -0.820. The minimum Gasteiger partial charge on any atom is -0.388 e. The smallest absolute Gasteiger partial charge is 0.0790 e. The van der Waals surface area contributed by atoms with Crippen LogP contribution in [0, 0.1) is 0 Å². The maximum atomic E-state index is 9.98. The Balaban J connectivity index is 2.52. The highest BCUT2D eigenvalue weighted by atomic mass is 16.3. The molecule has 0 aliphatic rings. The molecule has 0 spiro atoms. The highest BCUT2D eigenvalue weighted by Crippen LogP contribution is 2.22. The Kier molecular flexibility index (Phi) is 5.54. The van der Waals surface area contributed by atoms with Gasteiger partial charge in [0, 0.05) is 0 Å². The fourth-order valence-electron chi connectivity index (χ4n) is 1.86. The molecule has 0 fully saturated rings. The van der Waals surface area contributed by atoms with Crippen molar-refractivity contribution < 1.29 is 5.11 Å². The first kappa shape index (κ1) is 13.2. The summed E-state index contributed by atoms with van der Waals surface area (Å²) in [5.41, 5.74) is 2.39. The number of hydrogen-bond acceptors (Lipinski definition) is 1. The second-order valence-corrected chi connectivity index (χ2v) is 4.83. The van der Waals surface area contributed by atoms with Crippen molar-refractivity contribution >= 4 is 0 Å². The molecule has 16 heavy (non-hydrogen) atoms. The Morgan fingerprint density at radius 3 is 2.06 bits per heavy atom. The number of benzene rings is 1. The molecule has 1 heteroatoms. The van der Waals surface area contributed by atoms with Crippen molar-refractivity contribution in [3.8, 4) is 0 Å². The molecule has 0 saturated heterocycles. The molecule has 1 N–H and O–H groups in total. The lowest BCUT2D eigenvalue weighted by Crippen LogP contribution is -1.98. The van der Waals surface area contributed by atoms with E-state index in [-0.39, 0.29) is 6.10 Å². The van der Waals surface area contributed by atoms with Crippen LogP contribution in [0.25, 0.3) is 0 Å². The Bertz CT molecular complexity index is 287. The van der Waals surface area contributed by atoms with Gasteiger partial charge in [-0.25, -0.2) is 0 Å². The van der Waals surface area contributed by atoms with Gasteiger partial charge < -0.3 is 5.11 Å². The van der Waals surface area contributed by atoms with E-state index in [4.69, 9.17) is 0 Å². The van der Waals surface area contributed by atoms with E-state index in [1.807, 2.05) is 0 Å². The topological polar surface area (TPSA) is 20.2 Å². The first-order valence-electron chi connectivity index (χ1n) is 6.43. The van der Waals surface area contributed by atoms with Crippen LogP contribution >= 0.6 is 0 Å². The van der Waals surface area contributed by atoms with Crippen LogP contribution in [0.5, 0.6) is 0 Å². The molecular formula is C15H24O. The van der Waals surface area contributed by atoms with Gasteiger partial charge in [-0.3, -0.25) is 0 Å². The Morgan fingerprint density at radius 1 is 1.00 bits per heavy atom. The van der Waals surface area contributed by atoms with Crippen molar-refractivity contribution in [2.24, 2.45) is 0 Å². The molecule has 0 amide bonds. The van der Waals surface area contributed by atoms with Crippen molar-refractivity contribution in [2.75, 3.05) is 0 Å². The van der Waals surface area contributed by atoms with Gasteiger partial charge in [-0.2, -0.15) is 0 Å². The van der Waals surface area contributed by atoms with E-state index in [0.717, 1.165) is 18.4 Å². The van der Waals surface area contributed by atoms with E-state index in [1.165, 1.54) is 18.4 Å². The minimum atomic E-state index is -0.284. The number of rotatable bonds is 6. The van der Waals surface area contributed by atoms with Crippen LogP contribution in [0.4, 0.5) is 0 Å². The van der Waals surface area contributed by atoms with E-state index < -0.39 is 0 Å². The molecule has 0 radical (unpaired) electrons. The van der Waals surface area contributed by atoms with Crippen molar-refractivity contribution in [1.29, 1.82) is 0 Å². The van der Waals surface area contributed by atoms with Gasteiger partial charge in [0.1, 0.15) is 0 Å². The molecule has 0 heterocycles. The summed E-state index contributed by atoms with van der Waals surface area (Å²) in [6.45, 7) is 6.56. The van der Waals surface area contributed by atoms with E-state index in [1.54, 1.807) is 0 Å². The quantitative estimate of drug-likeness (QED) is 0.703. The van der Waals surface area contributed by atoms with E-state index >= 15 is 0 Å². The normalized spacial score (nSPS) is 13.1. The van der Waals surface area contributed by atoms with Gasteiger partial charge in [-0.1, -0.05) is 64.3 Å². The zero-order chi connectivity index (χ0) is 12.0. The number of aliphatic hydroxyl groups is 1. The zero-order valence-corrected chi connectivity index (χ0v) is 10.7. The maximum Gasteiger partial charge on any atom is 0.0790 e. The number of unbranched alkanes of at least 4 members (excludes halogenated alkanes) is 2. The average molecular weight is 220 g/mol. The van der Waals surface area contributed by atoms with Gasteiger partial charge in [-0.15, -0.1) is 0 Å². The standard InChI is InChI=1S/C15H24O/c1-4-5-6-7-15(16)14-10-8-13(9-11-14)12(2)3/h8-12,15-16H,4-7H2,1-3H3. The highest BCUT2D eigenvalue weighted by Gasteiger charge is 2.07. The molecule has 0 saturated carbocycles. The average Bonchev–Trinajstić information content (AvgIpc) is 2.29. The molecule has 0 aliphatic heterocycles. The molecule has 1 aromatic rings. The fourth-order valence-corrected chi connectivity index (χ4v) is 1.86. The third-order valence-electron chi connectivity index (χ3n) is 3.07. The molecule has 0 aromatic heterocycles. The van der Waals surface area contributed by atoms with Crippen LogP contribution in [0.3, 0.4) is 0 Å². The van der Waals surface area contributed by atoms with Crippen LogP contribution in [0.2, 0.25) is 0 Å². The van der Waals surface area contributed by atoms with Gasteiger partial charge >= 0.3 is 0 Å². The van der Waals surface area contributed by atoms with E-state index in [2.05, 4.69) is 45.0 Å². The highest BCUT2D eigenvalue weighted by molar-refractivity contribution is 5.25. The van der Waals surface area contributed by atoms with Crippen LogP contribution in [0.15, 0.2) is 24.3 Å². The minimum absolute atomic E-state index is 0.284. The predicted molar refractivity (Wildman–Crippen MR) is 69.6 cm³/mol. The zero-order valence-electron chi connectivity index (χ0n) is 10.7. The molecule has 0 bridgehead atoms. The van der Waals surface area contributed by atoms with Gasteiger partial charge in [0.15, 0.2) is 0 Å². The van der Waals surface area contributed by atoms with E-state index in [9.17, 15) is 5.11 Å². The lowest BCUT2D eigenvalue weighted by atomic mass is 9.98. The molecule has 1 rings (SSSR count). The van der Waals surface area contributed by atoms with Crippen molar-refractivity contribution in [2.45, 2.75) is 58.5 Å². The summed E-state index contributed by atoms with van der Waals surface area (Å²) < 4.78 is 0. The van der Waals surface area contributed by atoms with Gasteiger partial charge in [-0.05, 0) is 23.5 Å².